The quantitative estimate of drug-likeness (QED) is 0.141. The molecular formula is C40H44N2O2. The van der Waals surface area contributed by atoms with Crippen LogP contribution in [0.3, 0.4) is 0 Å². The molecule has 0 atom stereocenters. The Balaban J connectivity index is 1.31. The lowest BCUT2D eigenvalue weighted by molar-refractivity contribution is 0.445. The molecule has 2 aromatic heterocycles. The third-order valence-electron chi connectivity index (χ3n) is 8.84. The first-order valence-corrected chi connectivity index (χ1v) is 15.8. The van der Waals surface area contributed by atoms with Crippen molar-refractivity contribution >= 4 is 21.8 Å². The second kappa shape index (κ2) is 11.2. The zero-order valence-corrected chi connectivity index (χ0v) is 26.8. The van der Waals surface area contributed by atoms with Gasteiger partial charge in [0.2, 0.25) is 0 Å². The van der Waals surface area contributed by atoms with E-state index in [0.29, 0.717) is 11.5 Å². The molecule has 4 aromatic carbocycles. The molecule has 226 valence electrons. The van der Waals surface area contributed by atoms with E-state index in [1.165, 1.54) is 21.9 Å². The Morgan fingerprint density at radius 2 is 0.909 bits per heavy atom. The van der Waals surface area contributed by atoms with Crippen molar-refractivity contribution in [3.8, 4) is 34.0 Å². The third-order valence-corrected chi connectivity index (χ3v) is 8.84. The summed E-state index contributed by atoms with van der Waals surface area (Å²) in [6.07, 6.45) is 3.80. The fourth-order valence-corrected chi connectivity index (χ4v) is 6.45. The first-order chi connectivity index (χ1) is 20.9. The van der Waals surface area contributed by atoms with Gasteiger partial charge in [-0.1, -0.05) is 90.1 Å². The van der Waals surface area contributed by atoms with Crippen LogP contribution in [-0.4, -0.2) is 20.2 Å². The summed E-state index contributed by atoms with van der Waals surface area (Å²) >= 11 is 0. The van der Waals surface area contributed by atoms with Gasteiger partial charge in [-0.2, -0.15) is 0 Å². The molecule has 44 heavy (non-hydrogen) atoms. The summed E-state index contributed by atoms with van der Waals surface area (Å²) < 4.78 is 0. The lowest BCUT2D eigenvalue weighted by atomic mass is 9.82. The number of aromatic hydroxyl groups is 2. The molecule has 0 bridgehead atoms. The van der Waals surface area contributed by atoms with Gasteiger partial charge in [-0.25, -0.2) is 0 Å². The summed E-state index contributed by atoms with van der Waals surface area (Å²) in [5.74, 6) is 0.688. The lowest BCUT2D eigenvalue weighted by Crippen LogP contribution is -2.12. The van der Waals surface area contributed by atoms with Crippen molar-refractivity contribution in [2.75, 3.05) is 0 Å². The monoisotopic (exact) mass is 584 g/mol. The highest BCUT2D eigenvalue weighted by Gasteiger charge is 2.23. The highest BCUT2D eigenvalue weighted by atomic mass is 16.3. The van der Waals surface area contributed by atoms with E-state index in [-0.39, 0.29) is 10.8 Å². The molecular weight excluding hydrogens is 540 g/mol. The molecule has 4 nitrogen and oxygen atoms in total. The fraction of sp³-hybridized carbons (Fsp3) is 0.300. The van der Waals surface area contributed by atoms with Crippen LogP contribution in [-0.2, 0) is 23.7 Å². The molecule has 0 radical (unpaired) electrons. The number of aromatic amines is 2. The Bertz CT molecular complexity index is 1750. The van der Waals surface area contributed by atoms with E-state index in [2.05, 4.69) is 112 Å². The number of benzene rings is 4. The van der Waals surface area contributed by atoms with Crippen LogP contribution in [0, 0.1) is 0 Å². The maximum absolute atomic E-state index is 11.1. The number of phenolic OH excluding ortho intramolecular Hbond substituents is 2. The van der Waals surface area contributed by atoms with Crippen LogP contribution in [0.2, 0.25) is 0 Å². The van der Waals surface area contributed by atoms with Gasteiger partial charge in [0.25, 0.3) is 0 Å². The molecule has 6 rings (SSSR count). The Labute approximate surface area is 260 Å². The Morgan fingerprint density at radius 1 is 0.523 bits per heavy atom. The van der Waals surface area contributed by atoms with Gasteiger partial charge in [0.15, 0.2) is 0 Å². The van der Waals surface area contributed by atoms with Crippen molar-refractivity contribution in [3.63, 3.8) is 0 Å². The topological polar surface area (TPSA) is 72.0 Å². The number of nitrogens with one attached hydrogen (secondary N) is 2. The van der Waals surface area contributed by atoms with E-state index < -0.39 is 0 Å². The SMILES string of the molecule is CC(C)(C)c1cc(CCCCc2cc(C(C)(C)C)c(O)cc2-c2cc3ccccc3[nH]2)c(-c2cc3ccccc3[nH]2)cc1O. The van der Waals surface area contributed by atoms with Crippen LogP contribution >= 0.6 is 0 Å². The fourth-order valence-electron chi connectivity index (χ4n) is 6.45. The number of para-hydroxylation sites is 2. The molecule has 4 heteroatoms. The number of phenols is 2. The summed E-state index contributed by atoms with van der Waals surface area (Å²) in [6.45, 7) is 12.9. The smallest absolute Gasteiger partial charge is 0.119 e. The molecule has 0 aliphatic rings. The van der Waals surface area contributed by atoms with Crippen LogP contribution in [0.5, 0.6) is 11.5 Å². The van der Waals surface area contributed by atoms with Crippen molar-refractivity contribution < 1.29 is 10.2 Å². The molecule has 0 saturated heterocycles. The standard InChI is InChI=1S/C40H44N2O2/c1-39(2,3)31-19-25(29(23-37(31)43)35-21-27-15-9-11-17-33(27)41-35)13-7-8-14-26-20-32(40(4,5)6)38(44)24-30(26)36-22-28-16-10-12-18-34(28)42-36/h9-12,15-24,41-44H,7-8,13-14H2,1-6H3. The minimum absolute atomic E-state index is 0.165. The van der Waals surface area contributed by atoms with Crippen molar-refractivity contribution in [1.82, 2.24) is 9.97 Å². The molecule has 6 aromatic rings. The molecule has 0 amide bonds. The number of aromatic nitrogens is 2. The highest BCUT2D eigenvalue weighted by Crippen LogP contribution is 2.40. The predicted octanol–water partition coefficient (Wildman–Crippen LogP) is 10.6. The molecule has 4 N–H and O–H groups in total. The number of unbranched alkanes of at least 4 members (excludes halogenated alkanes) is 1. The van der Waals surface area contributed by atoms with Gasteiger partial charge in [0, 0.05) is 44.3 Å². The summed E-state index contributed by atoms with van der Waals surface area (Å²) in [5.41, 5.74) is 10.5. The maximum Gasteiger partial charge on any atom is 0.119 e. The number of H-pyrrole nitrogens is 2. The largest absolute Gasteiger partial charge is 0.508 e. The molecule has 0 aliphatic heterocycles. The average molecular weight is 585 g/mol. The Kier molecular flexibility index (Phi) is 7.57. The zero-order valence-electron chi connectivity index (χ0n) is 26.8. The van der Waals surface area contributed by atoms with Crippen LogP contribution < -0.4 is 0 Å². The molecule has 0 aliphatic carbocycles. The van der Waals surface area contributed by atoms with Crippen LogP contribution in [0.25, 0.3) is 44.3 Å². The van der Waals surface area contributed by atoms with Crippen LogP contribution in [0.4, 0.5) is 0 Å². The maximum atomic E-state index is 11.1. The Morgan fingerprint density at radius 3 is 1.27 bits per heavy atom. The van der Waals surface area contributed by atoms with Gasteiger partial charge in [0.05, 0.1) is 0 Å². The summed E-state index contributed by atoms with van der Waals surface area (Å²) in [6, 6.07) is 29.3. The summed E-state index contributed by atoms with van der Waals surface area (Å²) in [7, 11) is 0. The predicted molar refractivity (Wildman–Crippen MR) is 185 cm³/mol. The normalized spacial score (nSPS) is 12.4. The summed E-state index contributed by atoms with van der Waals surface area (Å²) in [4.78, 5) is 7.16. The number of fused-ring (bicyclic) bond motifs is 2. The van der Waals surface area contributed by atoms with E-state index >= 15 is 0 Å². The summed E-state index contributed by atoms with van der Waals surface area (Å²) in [5, 5.41) is 24.5. The van der Waals surface area contributed by atoms with E-state index in [1.54, 1.807) is 0 Å². The first-order valence-electron chi connectivity index (χ1n) is 15.8. The zero-order chi connectivity index (χ0) is 31.2. The van der Waals surface area contributed by atoms with Gasteiger partial charge >= 0.3 is 0 Å². The molecule has 0 spiro atoms. The average Bonchev–Trinajstić information content (AvgIpc) is 3.59. The minimum Gasteiger partial charge on any atom is -0.508 e. The number of hydrogen-bond donors (Lipinski definition) is 4. The van der Waals surface area contributed by atoms with Gasteiger partial charge < -0.3 is 20.2 Å². The highest BCUT2D eigenvalue weighted by molar-refractivity contribution is 5.88. The van der Waals surface area contributed by atoms with Crippen LogP contribution in [0.15, 0.2) is 84.9 Å². The van der Waals surface area contributed by atoms with E-state index in [9.17, 15) is 10.2 Å². The number of aryl methyl sites for hydroxylation is 2. The molecule has 2 heterocycles. The molecule has 0 fully saturated rings. The lowest BCUT2D eigenvalue weighted by Gasteiger charge is -2.23. The van der Waals surface area contributed by atoms with Crippen LogP contribution in [0.1, 0.15) is 76.6 Å². The van der Waals surface area contributed by atoms with Gasteiger partial charge in [0.1, 0.15) is 11.5 Å². The second-order valence-corrected chi connectivity index (χ2v) is 14.3. The molecule has 0 unspecified atom stereocenters. The Hall–Kier alpha value is -4.44. The number of hydrogen-bond acceptors (Lipinski definition) is 2. The number of rotatable bonds is 7. The van der Waals surface area contributed by atoms with E-state index in [1.807, 2.05) is 24.3 Å². The second-order valence-electron chi connectivity index (χ2n) is 14.3. The van der Waals surface area contributed by atoms with Crippen molar-refractivity contribution in [2.45, 2.75) is 78.1 Å². The van der Waals surface area contributed by atoms with Gasteiger partial charge in [-0.15, -0.1) is 0 Å². The van der Waals surface area contributed by atoms with E-state index in [4.69, 9.17) is 0 Å². The van der Waals surface area contributed by atoms with Crippen molar-refractivity contribution in [2.24, 2.45) is 0 Å². The first kappa shape index (κ1) is 29.6. The van der Waals surface area contributed by atoms with Gasteiger partial charge in [-0.3, -0.25) is 0 Å². The van der Waals surface area contributed by atoms with Crippen molar-refractivity contribution in [1.29, 1.82) is 0 Å². The third kappa shape index (κ3) is 5.86. The minimum atomic E-state index is -0.165. The van der Waals surface area contributed by atoms with Crippen molar-refractivity contribution in [3.05, 3.63) is 107 Å². The van der Waals surface area contributed by atoms with E-state index in [0.717, 1.165) is 70.4 Å². The molecule has 0 saturated carbocycles. The van der Waals surface area contributed by atoms with Gasteiger partial charge in [-0.05, 0) is 95.2 Å².